The highest BCUT2D eigenvalue weighted by atomic mass is 16.6. The van der Waals surface area contributed by atoms with E-state index in [9.17, 15) is 4.79 Å². The van der Waals surface area contributed by atoms with Crippen molar-refractivity contribution >= 4 is 6.09 Å². The Balaban J connectivity index is 2.72. The van der Waals surface area contributed by atoms with Crippen molar-refractivity contribution in [1.82, 2.24) is 0 Å². The number of amides is 1. The molecule has 0 aromatic heterocycles. The summed E-state index contributed by atoms with van der Waals surface area (Å²) >= 11 is 0. The van der Waals surface area contributed by atoms with Gasteiger partial charge in [-0.3, -0.25) is 0 Å². The number of rotatable bonds is 1. The van der Waals surface area contributed by atoms with Gasteiger partial charge in [-0.1, -0.05) is 20.8 Å². The second-order valence-corrected chi connectivity index (χ2v) is 4.69. The van der Waals surface area contributed by atoms with E-state index in [0.717, 1.165) is 0 Å². The van der Waals surface area contributed by atoms with Gasteiger partial charge in [-0.25, -0.2) is 4.79 Å². The predicted octanol–water partition coefficient (Wildman–Crippen LogP) is 0.223. The second kappa shape index (κ2) is 3.74. The molecule has 4 N–H and O–H groups in total. The van der Waals surface area contributed by atoms with Crippen molar-refractivity contribution in [3.63, 3.8) is 0 Å². The normalized spacial score (nSPS) is 33.0. The molecule has 5 nitrogen and oxygen atoms in total. The standard InChI is InChI=1S/C9H18N2O3/c1-9(2,3)7-6(14-8(11)12)5(10)4-13-7/h5-7H,4,10H2,1-3H3,(H2,11,12)/t5-,6+,7?/m0/s1. The summed E-state index contributed by atoms with van der Waals surface area (Å²) in [6.07, 6.45) is -1.43. The molecule has 0 aliphatic carbocycles. The van der Waals surface area contributed by atoms with Crippen LogP contribution in [0.4, 0.5) is 4.79 Å². The van der Waals surface area contributed by atoms with Crippen molar-refractivity contribution in [2.24, 2.45) is 16.9 Å². The highest BCUT2D eigenvalue weighted by molar-refractivity contribution is 5.65. The average molecular weight is 202 g/mol. The van der Waals surface area contributed by atoms with Gasteiger partial charge in [0.25, 0.3) is 0 Å². The summed E-state index contributed by atoms with van der Waals surface area (Å²) in [6, 6.07) is -0.285. The fourth-order valence-corrected chi connectivity index (χ4v) is 1.66. The van der Waals surface area contributed by atoms with Crippen molar-refractivity contribution in [2.75, 3.05) is 6.61 Å². The Morgan fingerprint density at radius 2 is 2.07 bits per heavy atom. The summed E-state index contributed by atoms with van der Waals surface area (Å²) in [4.78, 5) is 10.7. The van der Waals surface area contributed by atoms with Crippen LogP contribution >= 0.6 is 0 Å². The Kier molecular flexibility index (Phi) is 3.01. The first kappa shape index (κ1) is 11.3. The van der Waals surface area contributed by atoms with Crippen molar-refractivity contribution < 1.29 is 14.3 Å². The quantitative estimate of drug-likeness (QED) is 0.636. The molecule has 1 heterocycles. The van der Waals surface area contributed by atoms with E-state index >= 15 is 0 Å². The summed E-state index contributed by atoms with van der Waals surface area (Å²) in [5, 5.41) is 0. The van der Waals surface area contributed by atoms with Crippen LogP contribution in [0.25, 0.3) is 0 Å². The van der Waals surface area contributed by atoms with Crippen LogP contribution in [0, 0.1) is 5.41 Å². The zero-order valence-corrected chi connectivity index (χ0v) is 8.82. The molecule has 0 saturated carbocycles. The van der Waals surface area contributed by atoms with E-state index in [4.69, 9.17) is 20.9 Å². The summed E-state index contributed by atoms with van der Waals surface area (Å²) in [5.41, 5.74) is 10.6. The topological polar surface area (TPSA) is 87.6 Å². The second-order valence-electron chi connectivity index (χ2n) is 4.69. The van der Waals surface area contributed by atoms with Gasteiger partial charge in [0, 0.05) is 0 Å². The molecule has 0 spiro atoms. The molecule has 0 aromatic carbocycles. The lowest BCUT2D eigenvalue weighted by Crippen LogP contribution is -2.46. The molecule has 0 aromatic rings. The van der Waals surface area contributed by atoms with Crippen LogP contribution in [-0.2, 0) is 9.47 Å². The van der Waals surface area contributed by atoms with Crippen molar-refractivity contribution in [2.45, 2.75) is 39.0 Å². The molecule has 5 heteroatoms. The molecule has 0 radical (unpaired) electrons. The molecule has 82 valence electrons. The molecule has 0 bridgehead atoms. The van der Waals surface area contributed by atoms with E-state index in [1.807, 2.05) is 20.8 Å². The lowest BCUT2D eigenvalue weighted by Gasteiger charge is -2.30. The third-order valence-corrected chi connectivity index (χ3v) is 2.29. The SMILES string of the molecule is CC(C)(C)C1OC[C@H](N)[C@H]1OC(N)=O. The van der Waals surface area contributed by atoms with Crippen LogP contribution in [0.15, 0.2) is 0 Å². The number of hydrogen-bond donors (Lipinski definition) is 2. The van der Waals surface area contributed by atoms with E-state index in [-0.39, 0.29) is 17.6 Å². The van der Waals surface area contributed by atoms with Crippen molar-refractivity contribution in [3.8, 4) is 0 Å². The Hall–Kier alpha value is -0.810. The Labute approximate surface area is 83.7 Å². The average Bonchev–Trinajstić information content (AvgIpc) is 2.30. The molecule has 1 fully saturated rings. The number of carbonyl (C=O) groups excluding carboxylic acids is 1. The number of hydrogen-bond acceptors (Lipinski definition) is 4. The van der Waals surface area contributed by atoms with Crippen LogP contribution in [-0.4, -0.2) is 30.9 Å². The molecule has 1 aliphatic heterocycles. The lowest BCUT2D eigenvalue weighted by molar-refractivity contribution is -0.0324. The number of carbonyl (C=O) groups is 1. The molecule has 3 atom stereocenters. The summed E-state index contributed by atoms with van der Waals surface area (Å²) in [5.74, 6) is 0. The van der Waals surface area contributed by atoms with Gasteiger partial charge in [0.15, 0.2) is 0 Å². The molecule has 1 rings (SSSR count). The minimum absolute atomic E-state index is 0.117. The first-order valence-corrected chi connectivity index (χ1v) is 4.65. The molecule has 1 amide bonds. The Morgan fingerprint density at radius 1 is 1.50 bits per heavy atom. The van der Waals surface area contributed by atoms with Crippen LogP contribution in [0.1, 0.15) is 20.8 Å². The molecular weight excluding hydrogens is 184 g/mol. The van der Waals surface area contributed by atoms with Crippen LogP contribution in [0.3, 0.4) is 0 Å². The first-order valence-electron chi connectivity index (χ1n) is 4.65. The van der Waals surface area contributed by atoms with Gasteiger partial charge in [0.2, 0.25) is 0 Å². The molecule has 1 unspecified atom stereocenters. The predicted molar refractivity (Wildman–Crippen MR) is 51.6 cm³/mol. The number of nitrogens with two attached hydrogens (primary N) is 2. The molecule has 1 saturated heterocycles. The summed E-state index contributed by atoms with van der Waals surface area (Å²) in [7, 11) is 0. The first-order chi connectivity index (χ1) is 6.32. The Morgan fingerprint density at radius 3 is 2.50 bits per heavy atom. The third kappa shape index (κ3) is 2.36. The van der Waals surface area contributed by atoms with E-state index < -0.39 is 12.2 Å². The van der Waals surface area contributed by atoms with Crippen LogP contribution in [0.2, 0.25) is 0 Å². The van der Waals surface area contributed by atoms with Gasteiger partial charge >= 0.3 is 6.09 Å². The minimum Gasteiger partial charge on any atom is -0.442 e. The maximum atomic E-state index is 10.7. The largest absolute Gasteiger partial charge is 0.442 e. The van der Waals surface area contributed by atoms with Crippen LogP contribution in [0.5, 0.6) is 0 Å². The highest BCUT2D eigenvalue weighted by Gasteiger charge is 2.44. The molecule has 14 heavy (non-hydrogen) atoms. The van der Waals surface area contributed by atoms with E-state index in [1.54, 1.807) is 0 Å². The van der Waals surface area contributed by atoms with Gasteiger partial charge in [0.1, 0.15) is 12.2 Å². The summed E-state index contributed by atoms with van der Waals surface area (Å²) in [6.45, 7) is 6.42. The van der Waals surface area contributed by atoms with Gasteiger partial charge in [-0.15, -0.1) is 0 Å². The zero-order valence-electron chi connectivity index (χ0n) is 8.82. The lowest BCUT2D eigenvalue weighted by atomic mass is 9.85. The maximum Gasteiger partial charge on any atom is 0.404 e. The van der Waals surface area contributed by atoms with E-state index in [2.05, 4.69) is 0 Å². The van der Waals surface area contributed by atoms with Gasteiger partial charge < -0.3 is 20.9 Å². The smallest absolute Gasteiger partial charge is 0.404 e. The number of primary amides is 1. The highest BCUT2D eigenvalue weighted by Crippen LogP contribution is 2.31. The van der Waals surface area contributed by atoms with Crippen LogP contribution < -0.4 is 11.5 Å². The molecular formula is C9H18N2O3. The minimum atomic E-state index is -0.801. The zero-order chi connectivity index (χ0) is 10.9. The van der Waals surface area contributed by atoms with Crippen molar-refractivity contribution in [1.29, 1.82) is 0 Å². The fourth-order valence-electron chi connectivity index (χ4n) is 1.66. The Bertz CT molecular complexity index is 225. The fraction of sp³-hybridized carbons (Fsp3) is 0.889. The van der Waals surface area contributed by atoms with Crippen molar-refractivity contribution in [3.05, 3.63) is 0 Å². The van der Waals surface area contributed by atoms with E-state index in [1.165, 1.54) is 0 Å². The third-order valence-electron chi connectivity index (χ3n) is 2.29. The van der Waals surface area contributed by atoms with Gasteiger partial charge in [-0.2, -0.15) is 0 Å². The number of ether oxygens (including phenoxy) is 2. The summed E-state index contributed by atoms with van der Waals surface area (Å²) < 4.78 is 10.4. The van der Waals surface area contributed by atoms with Gasteiger partial charge in [0.05, 0.1) is 12.6 Å². The van der Waals surface area contributed by atoms with Gasteiger partial charge in [-0.05, 0) is 5.41 Å². The monoisotopic (exact) mass is 202 g/mol. The van der Waals surface area contributed by atoms with E-state index in [0.29, 0.717) is 6.61 Å². The maximum absolute atomic E-state index is 10.7. The molecule has 1 aliphatic rings.